The summed E-state index contributed by atoms with van der Waals surface area (Å²) in [6, 6.07) is 0. The number of amidine groups is 1. The van der Waals surface area contributed by atoms with Crippen LogP contribution in [0.4, 0.5) is 0 Å². The molecule has 0 bridgehead atoms. The molecule has 0 aromatic rings. The zero-order chi connectivity index (χ0) is 9.72. The molecule has 0 unspecified atom stereocenters. The van der Waals surface area contributed by atoms with Crippen molar-refractivity contribution in [1.82, 2.24) is 5.32 Å². The van der Waals surface area contributed by atoms with Crippen molar-refractivity contribution in [1.29, 1.82) is 5.41 Å². The van der Waals surface area contributed by atoms with Crippen LogP contribution in [0, 0.1) is 5.41 Å². The number of carbonyl (C=O) groups excluding carboxylic acids is 1. The Morgan fingerprint density at radius 1 is 1.67 bits per heavy atom. The highest BCUT2D eigenvalue weighted by Gasteiger charge is 2.09. The third-order valence-corrected chi connectivity index (χ3v) is 1.05. The van der Waals surface area contributed by atoms with E-state index in [1.165, 1.54) is 7.05 Å². The summed E-state index contributed by atoms with van der Waals surface area (Å²) in [6.07, 6.45) is 0. The molecule has 66 valence electrons. The van der Waals surface area contributed by atoms with Gasteiger partial charge in [0.25, 0.3) is 5.91 Å². The number of rotatable bonds is 3. The number of carbonyl (C=O) groups is 1. The summed E-state index contributed by atoms with van der Waals surface area (Å²) >= 11 is 0. The van der Waals surface area contributed by atoms with Gasteiger partial charge in [0.15, 0.2) is 0 Å². The first kappa shape index (κ1) is 10.3. The van der Waals surface area contributed by atoms with Gasteiger partial charge in [0.2, 0.25) is 0 Å². The Kier molecular flexibility index (Phi) is 3.69. The predicted octanol–water partition coefficient (Wildman–Crippen LogP) is -0.357. The summed E-state index contributed by atoms with van der Waals surface area (Å²) in [5.74, 6) is -0.251. The van der Waals surface area contributed by atoms with Crippen molar-refractivity contribution in [3.05, 3.63) is 12.3 Å². The molecule has 0 aliphatic carbocycles. The van der Waals surface area contributed by atoms with E-state index in [0.717, 1.165) is 0 Å². The minimum absolute atomic E-state index is 0.0642. The van der Waals surface area contributed by atoms with E-state index in [9.17, 15) is 4.79 Å². The van der Waals surface area contributed by atoms with E-state index >= 15 is 0 Å². The van der Waals surface area contributed by atoms with Gasteiger partial charge in [-0.2, -0.15) is 0 Å². The van der Waals surface area contributed by atoms with E-state index in [4.69, 9.17) is 11.1 Å². The summed E-state index contributed by atoms with van der Waals surface area (Å²) in [7, 11) is 1.43. The van der Waals surface area contributed by atoms with Crippen molar-refractivity contribution >= 4 is 17.5 Å². The summed E-state index contributed by atoms with van der Waals surface area (Å²) in [5.41, 5.74) is 5.02. The molecule has 0 aliphatic rings. The molecule has 0 aromatic heterocycles. The fourth-order valence-electron chi connectivity index (χ4n) is 0.525. The second kappa shape index (κ2) is 4.27. The molecular formula is C7H12N4O. The van der Waals surface area contributed by atoms with Gasteiger partial charge in [-0.1, -0.05) is 6.58 Å². The van der Waals surface area contributed by atoms with Gasteiger partial charge in [0, 0.05) is 7.05 Å². The summed E-state index contributed by atoms with van der Waals surface area (Å²) in [4.78, 5) is 14.5. The molecule has 12 heavy (non-hydrogen) atoms. The van der Waals surface area contributed by atoms with E-state index in [0.29, 0.717) is 0 Å². The van der Waals surface area contributed by atoms with Crippen LogP contribution in [0.1, 0.15) is 6.92 Å². The molecule has 0 spiro atoms. The van der Waals surface area contributed by atoms with Crippen LogP contribution in [0.15, 0.2) is 17.3 Å². The van der Waals surface area contributed by atoms with Crippen LogP contribution in [-0.2, 0) is 4.79 Å². The van der Waals surface area contributed by atoms with Crippen LogP contribution in [0.25, 0.3) is 0 Å². The van der Waals surface area contributed by atoms with Gasteiger partial charge in [0.05, 0.1) is 11.5 Å². The SMILES string of the molecule is C=C(N=C(C)N)C(=N)C(=O)NC. The van der Waals surface area contributed by atoms with Crippen LogP contribution in [0.3, 0.4) is 0 Å². The maximum atomic E-state index is 10.8. The van der Waals surface area contributed by atoms with Crippen LogP contribution in [0.2, 0.25) is 0 Å². The third kappa shape index (κ3) is 2.96. The number of hydrogen-bond acceptors (Lipinski definition) is 3. The minimum Gasteiger partial charge on any atom is -0.387 e. The molecule has 0 fully saturated rings. The van der Waals surface area contributed by atoms with Gasteiger partial charge < -0.3 is 11.1 Å². The van der Waals surface area contributed by atoms with E-state index < -0.39 is 5.91 Å². The van der Waals surface area contributed by atoms with Gasteiger partial charge in [-0.3, -0.25) is 10.2 Å². The maximum Gasteiger partial charge on any atom is 0.271 e. The average molecular weight is 168 g/mol. The lowest BCUT2D eigenvalue weighted by Gasteiger charge is -2.00. The molecule has 4 N–H and O–H groups in total. The maximum absolute atomic E-state index is 10.8. The third-order valence-electron chi connectivity index (χ3n) is 1.05. The quantitative estimate of drug-likeness (QED) is 0.397. The first-order chi connectivity index (χ1) is 5.49. The molecule has 0 radical (unpaired) electrons. The lowest BCUT2D eigenvalue weighted by Crippen LogP contribution is -2.28. The minimum atomic E-state index is -0.523. The van der Waals surface area contributed by atoms with Gasteiger partial charge in [-0.25, -0.2) is 4.99 Å². The molecular weight excluding hydrogens is 156 g/mol. The normalized spacial score (nSPS) is 10.7. The molecule has 5 nitrogen and oxygen atoms in total. The largest absolute Gasteiger partial charge is 0.387 e. The van der Waals surface area contributed by atoms with Crippen molar-refractivity contribution < 1.29 is 4.79 Å². The predicted molar refractivity (Wildman–Crippen MR) is 48.2 cm³/mol. The monoisotopic (exact) mass is 168 g/mol. The number of nitrogens with two attached hydrogens (primary N) is 1. The number of aliphatic imine (C=N–C) groups is 1. The molecule has 0 saturated heterocycles. The van der Waals surface area contributed by atoms with Gasteiger partial charge in [0.1, 0.15) is 5.71 Å². The number of nitrogens with one attached hydrogen (secondary N) is 2. The van der Waals surface area contributed by atoms with E-state index in [-0.39, 0.29) is 17.2 Å². The zero-order valence-electron chi connectivity index (χ0n) is 7.14. The van der Waals surface area contributed by atoms with E-state index in [1.807, 2.05) is 0 Å². The highest BCUT2D eigenvalue weighted by molar-refractivity contribution is 6.43. The molecule has 5 heteroatoms. The Labute approximate surface area is 70.9 Å². The molecule has 0 atom stereocenters. The Morgan fingerprint density at radius 2 is 2.17 bits per heavy atom. The van der Waals surface area contributed by atoms with Crippen molar-refractivity contribution in [2.45, 2.75) is 6.92 Å². The van der Waals surface area contributed by atoms with E-state index in [2.05, 4.69) is 16.9 Å². The van der Waals surface area contributed by atoms with Crippen molar-refractivity contribution in [3.63, 3.8) is 0 Å². The van der Waals surface area contributed by atoms with Crippen molar-refractivity contribution in [2.24, 2.45) is 10.7 Å². The number of amides is 1. The summed E-state index contributed by atoms with van der Waals surface area (Å²) in [5, 5.41) is 9.50. The van der Waals surface area contributed by atoms with Gasteiger partial charge in [-0.05, 0) is 6.92 Å². The number of nitrogens with zero attached hydrogens (tertiary/aromatic N) is 1. The van der Waals surface area contributed by atoms with Crippen LogP contribution in [0.5, 0.6) is 0 Å². The lowest BCUT2D eigenvalue weighted by atomic mass is 10.3. The van der Waals surface area contributed by atoms with Gasteiger partial charge in [-0.15, -0.1) is 0 Å². The van der Waals surface area contributed by atoms with Crippen LogP contribution >= 0.6 is 0 Å². The Hall–Kier alpha value is -1.65. The smallest absolute Gasteiger partial charge is 0.271 e. The second-order valence-corrected chi connectivity index (χ2v) is 2.15. The Balaban J connectivity index is 4.42. The lowest BCUT2D eigenvalue weighted by molar-refractivity contribution is -0.114. The zero-order valence-corrected chi connectivity index (χ0v) is 7.14. The van der Waals surface area contributed by atoms with Crippen molar-refractivity contribution in [2.75, 3.05) is 7.05 Å². The molecule has 0 aliphatic heterocycles. The second-order valence-electron chi connectivity index (χ2n) is 2.15. The highest BCUT2D eigenvalue weighted by atomic mass is 16.1. The van der Waals surface area contributed by atoms with Crippen molar-refractivity contribution in [3.8, 4) is 0 Å². The first-order valence-electron chi connectivity index (χ1n) is 3.29. The van der Waals surface area contributed by atoms with Gasteiger partial charge >= 0.3 is 0 Å². The highest BCUT2D eigenvalue weighted by Crippen LogP contribution is 1.94. The first-order valence-corrected chi connectivity index (χ1v) is 3.29. The molecule has 1 amide bonds. The molecule has 0 heterocycles. The van der Waals surface area contributed by atoms with Crippen LogP contribution in [-0.4, -0.2) is 24.5 Å². The Morgan fingerprint density at radius 3 is 2.50 bits per heavy atom. The summed E-state index contributed by atoms with van der Waals surface area (Å²) in [6.45, 7) is 4.97. The van der Waals surface area contributed by atoms with Crippen LogP contribution < -0.4 is 11.1 Å². The topological polar surface area (TPSA) is 91.3 Å². The Bertz CT molecular complexity index is 250. The molecule has 0 saturated carbocycles. The standard InChI is InChI=1S/C7H12N4O/c1-4(11-5(2)8)6(9)7(12)10-3/h9H,1H2,2-3H3,(H2,8,11)(H,10,12). The summed E-state index contributed by atoms with van der Waals surface area (Å²) < 4.78 is 0. The fraction of sp³-hybridized carbons (Fsp3) is 0.286. The molecule has 0 aromatic carbocycles. The molecule has 0 rings (SSSR count). The average Bonchev–Trinajstić information content (AvgIpc) is 2.00. The van der Waals surface area contributed by atoms with E-state index in [1.54, 1.807) is 6.92 Å². The number of hydrogen-bond donors (Lipinski definition) is 3. The fourth-order valence-corrected chi connectivity index (χ4v) is 0.525.